The Kier molecular flexibility index (Phi) is 6.71. The van der Waals surface area contributed by atoms with Gasteiger partial charge in [-0.2, -0.15) is 13.2 Å². The van der Waals surface area contributed by atoms with Crippen LogP contribution in [0.5, 0.6) is 5.75 Å². The van der Waals surface area contributed by atoms with E-state index in [-0.39, 0.29) is 48.7 Å². The quantitative estimate of drug-likeness (QED) is 0.352. The molecule has 2 N–H and O–H groups in total. The van der Waals surface area contributed by atoms with Crippen molar-refractivity contribution >= 4 is 29.0 Å². The van der Waals surface area contributed by atoms with E-state index in [2.05, 4.69) is 15.2 Å². The summed E-state index contributed by atoms with van der Waals surface area (Å²) in [5, 5.41) is 8.87. The summed E-state index contributed by atoms with van der Waals surface area (Å²) < 4.78 is 63.9. The van der Waals surface area contributed by atoms with Crippen LogP contribution in [0.2, 0.25) is 0 Å². The molecular weight excluding hydrogens is 512 g/mol. The van der Waals surface area contributed by atoms with Gasteiger partial charge in [0.25, 0.3) is 0 Å². The molecule has 4 heterocycles. The van der Waals surface area contributed by atoms with Gasteiger partial charge in [0.15, 0.2) is 23.0 Å². The number of nitrogens with zero attached hydrogens (tertiary/aromatic N) is 5. The fraction of sp³-hybridized carbons (Fsp3) is 0.400. The topological polar surface area (TPSA) is 81.6 Å². The van der Waals surface area contributed by atoms with Crippen molar-refractivity contribution in [1.29, 1.82) is 0 Å². The lowest BCUT2D eigenvalue weighted by Crippen LogP contribution is -2.38. The van der Waals surface area contributed by atoms with E-state index in [0.717, 1.165) is 12.8 Å². The van der Waals surface area contributed by atoms with Gasteiger partial charge in [-0.05, 0) is 48.9 Å². The molecule has 1 saturated heterocycles. The van der Waals surface area contributed by atoms with Gasteiger partial charge in [-0.15, -0.1) is 22.6 Å². The zero-order valence-corrected chi connectivity index (χ0v) is 20.5. The maximum Gasteiger partial charge on any atom is 0.408 e. The van der Waals surface area contributed by atoms with E-state index in [9.17, 15) is 17.6 Å². The van der Waals surface area contributed by atoms with Crippen molar-refractivity contribution in [2.24, 2.45) is 11.7 Å². The maximum absolute atomic E-state index is 14.5. The number of rotatable bonds is 6. The second kappa shape index (κ2) is 9.70. The second-order valence-electron chi connectivity index (χ2n) is 9.63. The average Bonchev–Trinajstić information content (AvgIpc) is 3.42. The molecule has 1 aromatic carbocycles. The van der Waals surface area contributed by atoms with Crippen LogP contribution in [0, 0.1) is 11.7 Å². The van der Waals surface area contributed by atoms with E-state index in [1.807, 2.05) is 0 Å². The molecule has 1 unspecified atom stereocenters. The number of hydrogen-bond acceptors (Lipinski definition) is 6. The Balaban J connectivity index is 0.00000280. The van der Waals surface area contributed by atoms with Crippen LogP contribution in [0.4, 0.5) is 17.6 Å². The van der Waals surface area contributed by atoms with Gasteiger partial charge in [-0.3, -0.25) is 9.30 Å². The normalized spacial score (nSPS) is 19.3. The molecule has 196 valence electrons. The van der Waals surface area contributed by atoms with Crippen LogP contribution < -0.4 is 10.5 Å². The van der Waals surface area contributed by atoms with Crippen molar-refractivity contribution in [3.63, 3.8) is 0 Å². The zero-order chi connectivity index (χ0) is 25.0. The third-order valence-electron chi connectivity index (χ3n) is 6.82. The summed E-state index contributed by atoms with van der Waals surface area (Å²) in [4.78, 5) is 5.97. The predicted octanol–water partition coefficient (Wildman–Crippen LogP) is 4.93. The lowest BCUT2D eigenvalue weighted by Gasteiger charge is -2.30. The van der Waals surface area contributed by atoms with Crippen LogP contribution in [0.3, 0.4) is 0 Å². The fourth-order valence-electron chi connectivity index (χ4n) is 4.75. The van der Waals surface area contributed by atoms with Crippen molar-refractivity contribution in [2.75, 3.05) is 19.7 Å². The van der Waals surface area contributed by atoms with Crippen LogP contribution in [0.25, 0.3) is 28.1 Å². The largest absolute Gasteiger partial charge is 0.490 e. The monoisotopic (exact) mass is 536 g/mol. The first-order chi connectivity index (χ1) is 17.3. The average molecular weight is 537 g/mol. The van der Waals surface area contributed by atoms with Gasteiger partial charge in [0.05, 0.1) is 12.1 Å². The predicted molar refractivity (Wildman–Crippen MR) is 132 cm³/mol. The van der Waals surface area contributed by atoms with Crippen LogP contribution in [0.15, 0.2) is 42.6 Å². The van der Waals surface area contributed by atoms with Crippen molar-refractivity contribution < 1.29 is 22.3 Å². The summed E-state index contributed by atoms with van der Waals surface area (Å²) in [6, 6.07) is 7.12. The number of ether oxygens (including phenoxy) is 1. The van der Waals surface area contributed by atoms with E-state index in [0.29, 0.717) is 41.2 Å². The molecule has 37 heavy (non-hydrogen) atoms. The summed E-state index contributed by atoms with van der Waals surface area (Å²) in [5.74, 6) is 0.421. The minimum absolute atomic E-state index is 0. The van der Waals surface area contributed by atoms with Crippen molar-refractivity contribution in [3.8, 4) is 17.3 Å². The van der Waals surface area contributed by atoms with Crippen LogP contribution in [-0.4, -0.2) is 56.4 Å². The minimum atomic E-state index is -4.48. The number of alkyl halides is 3. The molecule has 1 saturated carbocycles. The summed E-state index contributed by atoms with van der Waals surface area (Å²) in [6.45, 7) is 0.902. The van der Waals surface area contributed by atoms with Crippen molar-refractivity contribution in [2.45, 2.75) is 37.5 Å². The van der Waals surface area contributed by atoms with Crippen LogP contribution >= 0.6 is 12.4 Å². The molecule has 2 fully saturated rings. The van der Waals surface area contributed by atoms with E-state index < -0.39 is 18.0 Å². The molecular formula is C25H25ClF4N6O. The molecule has 0 radical (unpaired) electrons. The highest BCUT2D eigenvalue weighted by Crippen LogP contribution is 2.39. The molecule has 3 aromatic heterocycles. The second-order valence-corrected chi connectivity index (χ2v) is 9.63. The molecule has 12 heteroatoms. The zero-order valence-electron chi connectivity index (χ0n) is 19.7. The van der Waals surface area contributed by atoms with E-state index in [1.165, 1.54) is 33.7 Å². The van der Waals surface area contributed by atoms with Gasteiger partial charge < -0.3 is 10.5 Å². The maximum atomic E-state index is 14.5. The number of pyridine rings is 2. The highest BCUT2D eigenvalue weighted by Gasteiger charge is 2.46. The Morgan fingerprint density at radius 1 is 1.08 bits per heavy atom. The lowest BCUT2D eigenvalue weighted by atomic mass is 10.1. The first-order valence-corrected chi connectivity index (χ1v) is 11.9. The van der Waals surface area contributed by atoms with Crippen molar-refractivity contribution in [3.05, 3.63) is 54.0 Å². The number of benzene rings is 1. The third kappa shape index (κ3) is 5.07. The molecule has 4 aromatic rings. The standard InChI is InChI=1S/C25H24F4N6O.ClH/c26-18-9-15-3-5-19(31-20(15)10-21(18)36-13-14-1-2-14)24-33-32-22-6-4-16(11-35(22)24)23(25(27,28)29)34-8-7-17(30)12-34;/h3-6,9-11,14,17,23H,1-2,7-8,12-13,30H2;1H/t17?,23-;/m1./s1. The third-order valence-corrected chi connectivity index (χ3v) is 6.82. The number of nitrogens with two attached hydrogens (primary N) is 1. The molecule has 0 spiro atoms. The summed E-state index contributed by atoms with van der Waals surface area (Å²) in [5.41, 5.74) is 7.24. The SMILES string of the molecule is Cl.NC1CCN([C@H](c2ccc3nnc(-c4ccc5cc(F)c(OCC6CC6)cc5n4)n3c2)C(F)(F)F)C1. The molecule has 2 aliphatic rings. The molecule has 7 nitrogen and oxygen atoms in total. The number of aromatic nitrogens is 4. The Morgan fingerprint density at radius 2 is 1.89 bits per heavy atom. The van der Waals surface area contributed by atoms with Gasteiger partial charge in [0, 0.05) is 36.8 Å². The first-order valence-electron chi connectivity index (χ1n) is 11.9. The molecule has 0 amide bonds. The van der Waals surface area contributed by atoms with Gasteiger partial charge >= 0.3 is 6.18 Å². The summed E-state index contributed by atoms with van der Waals surface area (Å²) in [6.07, 6.45) is -0.388. The molecule has 1 aliphatic carbocycles. The van der Waals surface area contributed by atoms with Gasteiger partial charge in [0.1, 0.15) is 11.7 Å². The van der Waals surface area contributed by atoms with Gasteiger partial charge in [0.2, 0.25) is 0 Å². The minimum Gasteiger partial charge on any atom is -0.490 e. The molecule has 6 rings (SSSR count). The molecule has 2 atom stereocenters. The Labute approximate surface area is 216 Å². The van der Waals surface area contributed by atoms with Crippen LogP contribution in [-0.2, 0) is 0 Å². The van der Waals surface area contributed by atoms with Gasteiger partial charge in [-0.1, -0.05) is 12.1 Å². The van der Waals surface area contributed by atoms with Crippen LogP contribution in [0.1, 0.15) is 30.9 Å². The highest BCUT2D eigenvalue weighted by atomic mass is 35.5. The Bertz CT molecular complexity index is 1440. The first kappa shape index (κ1) is 25.6. The number of fused-ring (bicyclic) bond motifs is 2. The smallest absolute Gasteiger partial charge is 0.408 e. The highest BCUT2D eigenvalue weighted by molar-refractivity contribution is 5.85. The summed E-state index contributed by atoms with van der Waals surface area (Å²) in [7, 11) is 0. The van der Waals surface area contributed by atoms with E-state index in [1.54, 1.807) is 18.2 Å². The summed E-state index contributed by atoms with van der Waals surface area (Å²) >= 11 is 0. The molecule has 1 aliphatic heterocycles. The Morgan fingerprint density at radius 3 is 2.59 bits per heavy atom. The Hall–Kier alpha value is -3.02. The van der Waals surface area contributed by atoms with E-state index in [4.69, 9.17) is 10.5 Å². The number of halogens is 5. The van der Waals surface area contributed by atoms with E-state index >= 15 is 0 Å². The number of hydrogen-bond donors (Lipinski definition) is 1. The van der Waals surface area contributed by atoms with Crippen molar-refractivity contribution in [1.82, 2.24) is 24.5 Å². The fourth-order valence-corrected chi connectivity index (χ4v) is 4.75. The molecule has 0 bridgehead atoms. The lowest BCUT2D eigenvalue weighted by molar-refractivity contribution is -0.183. The van der Waals surface area contributed by atoms with Gasteiger partial charge in [-0.25, -0.2) is 9.37 Å². The number of likely N-dealkylation sites (tertiary alicyclic amines) is 1.